The van der Waals surface area contributed by atoms with Crippen molar-refractivity contribution in [2.24, 2.45) is 0 Å². The lowest BCUT2D eigenvalue weighted by atomic mass is 9.98. The molecule has 0 heterocycles. The van der Waals surface area contributed by atoms with E-state index >= 15 is 0 Å². The van der Waals surface area contributed by atoms with Gasteiger partial charge in [0.15, 0.2) is 0 Å². The first kappa shape index (κ1) is 15.8. The van der Waals surface area contributed by atoms with Gasteiger partial charge in [0.1, 0.15) is 6.04 Å². The molecule has 0 aliphatic heterocycles. The predicted molar refractivity (Wildman–Crippen MR) is 91.2 cm³/mol. The Hall–Kier alpha value is -2.63. The van der Waals surface area contributed by atoms with Crippen LogP contribution in [-0.4, -0.2) is 6.04 Å². The van der Waals surface area contributed by atoms with Crippen LogP contribution in [0.4, 0.5) is 0 Å². The minimum Gasteiger partial charge on any atom is -0.288 e. The SMILES string of the molecule is C/C=C/C=C/[C@@H](C#N)NC(c1ccccc1)c1ccccc1. The Labute approximate surface area is 132 Å². The number of rotatable bonds is 6. The van der Waals surface area contributed by atoms with Gasteiger partial charge in [-0.1, -0.05) is 85.0 Å². The van der Waals surface area contributed by atoms with Crippen LogP contribution in [-0.2, 0) is 0 Å². The van der Waals surface area contributed by atoms with Crippen LogP contribution in [0.2, 0.25) is 0 Å². The van der Waals surface area contributed by atoms with Crippen molar-refractivity contribution in [1.29, 1.82) is 5.26 Å². The Bertz CT molecular complexity index is 612. The third-order valence-electron chi connectivity index (χ3n) is 3.36. The standard InChI is InChI=1S/C20H20N2/c1-2-3-6-15-19(16-21)22-20(17-11-7-4-8-12-17)18-13-9-5-10-14-18/h2-15,19-20,22H,1H3/b3-2+,15-6+/t19-/m0/s1. The molecule has 2 aromatic rings. The molecule has 2 nitrogen and oxygen atoms in total. The van der Waals surface area contributed by atoms with Crippen molar-refractivity contribution in [3.63, 3.8) is 0 Å². The Morgan fingerprint density at radius 3 is 1.91 bits per heavy atom. The summed E-state index contributed by atoms with van der Waals surface area (Å²) in [5, 5.41) is 12.8. The summed E-state index contributed by atoms with van der Waals surface area (Å²) in [6.45, 7) is 1.95. The Kier molecular flexibility index (Phi) is 6.17. The first-order valence-electron chi connectivity index (χ1n) is 7.40. The van der Waals surface area contributed by atoms with Gasteiger partial charge in [0.05, 0.1) is 12.1 Å². The minimum atomic E-state index is -0.346. The second-order valence-electron chi connectivity index (χ2n) is 4.94. The second-order valence-corrected chi connectivity index (χ2v) is 4.94. The molecule has 0 spiro atoms. The van der Waals surface area contributed by atoms with E-state index in [9.17, 15) is 5.26 Å². The van der Waals surface area contributed by atoms with Crippen molar-refractivity contribution in [1.82, 2.24) is 5.32 Å². The first-order chi connectivity index (χ1) is 10.8. The normalized spacial score (nSPS) is 12.8. The monoisotopic (exact) mass is 288 g/mol. The quantitative estimate of drug-likeness (QED) is 0.800. The molecule has 2 rings (SSSR count). The molecule has 0 unspecified atom stereocenters. The topological polar surface area (TPSA) is 35.8 Å². The fraction of sp³-hybridized carbons (Fsp3) is 0.150. The highest BCUT2D eigenvalue weighted by atomic mass is 14.9. The zero-order valence-corrected chi connectivity index (χ0v) is 12.7. The highest BCUT2D eigenvalue weighted by Crippen LogP contribution is 2.22. The van der Waals surface area contributed by atoms with Crippen LogP contribution < -0.4 is 5.32 Å². The lowest BCUT2D eigenvalue weighted by molar-refractivity contribution is 0.599. The molecule has 110 valence electrons. The number of benzene rings is 2. The molecule has 0 saturated carbocycles. The van der Waals surface area contributed by atoms with Crippen molar-refractivity contribution >= 4 is 0 Å². The third kappa shape index (κ3) is 4.44. The molecular weight excluding hydrogens is 268 g/mol. The van der Waals surface area contributed by atoms with Gasteiger partial charge < -0.3 is 0 Å². The zero-order chi connectivity index (χ0) is 15.6. The van der Waals surface area contributed by atoms with Crippen LogP contribution in [0.5, 0.6) is 0 Å². The molecule has 2 heteroatoms. The van der Waals surface area contributed by atoms with Crippen LogP contribution in [0.1, 0.15) is 24.1 Å². The summed E-state index contributed by atoms with van der Waals surface area (Å²) < 4.78 is 0. The van der Waals surface area contributed by atoms with Gasteiger partial charge in [-0.2, -0.15) is 5.26 Å². The molecule has 0 bridgehead atoms. The van der Waals surface area contributed by atoms with Gasteiger partial charge in [-0.3, -0.25) is 5.32 Å². The van der Waals surface area contributed by atoms with Gasteiger partial charge in [-0.15, -0.1) is 0 Å². The van der Waals surface area contributed by atoms with E-state index in [0.29, 0.717) is 0 Å². The van der Waals surface area contributed by atoms with E-state index in [1.54, 1.807) is 0 Å². The number of allylic oxidation sites excluding steroid dienone is 3. The average molecular weight is 288 g/mol. The van der Waals surface area contributed by atoms with E-state index in [-0.39, 0.29) is 12.1 Å². The van der Waals surface area contributed by atoms with Crippen LogP contribution in [0.15, 0.2) is 85.0 Å². The molecule has 0 aromatic heterocycles. The van der Waals surface area contributed by atoms with Crippen molar-refractivity contribution < 1.29 is 0 Å². The van der Waals surface area contributed by atoms with E-state index in [1.165, 1.54) is 0 Å². The summed E-state index contributed by atoms with van der Waals surface area (Å²) in [5.74, 6) is 0. The fourth-order valence-corrected chi connectivity index (χ4v) is 2.28. The molecule has 1 atom stereocenters. The number of nitrogens with one attached hydrogen (secondary N) is 1. The molecule has 0 fully saturated rings. The molecular formula is C20H20N2. The van der Waals surface area contributed by atoms with Gasteiger partial charge in [0.25, 0.3) is 0 Å². The predicted octanol–water partition coefficient (Wildman–Crippen LogP) is 4.39. The Morgan fingerprint density at radius 1 is 0.909 bits per heavy atom. The summed E-state index contributed by atoms with van der Waals surface area (Å²) in [6, 6.07) is 22.3. The van der Waals surface area contributed by atoms with Crippen LogP contribution in [0.3, 0.4) is 0 Å². The van der Waals surface area contributed by atoms with Crippen molar-refractivity contribution in [3.05, 3.63) is 96.1 Å². The Morgan fingerprint density at radius 2 is 1.45 bits per heavy atom. The minimum absolute atomic E-state index is 0.0118. The number of nitrogens with zero attached hydrogens (tertiary/aromatic N) is 1. The maximum absolute atomic E-state index is 9.38. The van der Waals surface area contributed by atoms with Crippen LogP contribution in [0.25, 0.3) is 0 Å². The van der Waals surface area contributed by atoms with E-state index in [4.69, 9.17) is 0 Å². The van der Waals surface area contributed by atoms with Gasteiger partial charge >= 0.3 is 0 Å². The Balaban J connectivity index is 2.28. The summed E-state index contributed by atoms with van der Waals surface area (Å²) >= 11 is 0. The summed E-state index contributed by atoms with van der Waals surface area (Å²) in [6.07, 6.45) is 7.63. The molecule has 0 aliphatic carbocycles. The first-order valence-corrected chi connectivity index (χ1v) is 7.40. The van der Waals surface area contributed by atoms with E-state index in [2.05, 4.69) is 35.7 Å². The van der Waals surface area contributed by atoms with Crippen molar-refractivity contribution in [3.8, 4) is 6.07 Å². The molecule has 0 saturated heterocycles. The lowest BCUT2D eigenvalue weighted by Crippen LogP contribution is -2.31. The summed E-state index contributed by atoms with van der Waals surface area (Å²) in [7, 11) is 0. The summed E-state index contributed by atoms with van der Waals surface area (Å²) in [4.78, 5) is 0. The highest BCUT2D eigenvalue weighted by Gasteiger charge is 2.16. The lowest BCUT2D eigenvalue weighted by Gasteiger charge is -2.21. The van der Waals surface area contributed by atoms with E-state index < -0.39 is 0 Å². The zero-order valence-electron chi connectivity index (χ0n) is 12.7. The van der Waals surface area contributed by atoms with Crippen molar-refractivity contribution in [2.45, 2.75) is 19.0 Å². The maximum Gasteiger partial charge on any atom is 0.115 e. The van der Waals surface area contributed by atoms with Crippen LogP contribution in [0, 0.1) is 11.3 Å². The molecule has 22 heavy (non-hydrogen) atoms. The summed E-state index contributed by atoms with van der Waals surface area (Å²) in [5.41, 5.74) is 2.29. The average Bonchev–Trinajstić information content (AvgIpc) is 2.59. The van der Waals surface area contributed by atoms with Crippen LogP contribution >= 0.6 is 0 Å². The number of hydrogen-bond donors (Lipinski definition) is 1. The van der Waals surface area contributed by atoms with Gasteiger partial charge in [-0.25, -0.2) is 0 Å². The van der Waals surface area contributed by atoms with Gasteiger partial charge in [0, 0.05) is 0 Å². The molecule has 0 radical (unpaired) electrons. The van der Waals surface area contributed by atoms with Gasteiger partial charge in [-0.05, 0) is 18.1 Å². The van der Waals surface area contributed by atoms with E-state index in [0.717, 1.165) is 11.1 Å². The number of hydrogen-bond acceptors (Lipinski definition) is 2. The van der Waals surface area contributed by atoms with E-state index in [1.807, 2.05) is 67.6 Å². The molecule has 0 aliphatic rings. The molecule has 1 N–H and O–H groups in total. The van der Waals surface area contributed by atoms with Crippen molar-refractivity contribution in [2.75, 3.05) is 0 Å². The smallest absolute Gasteiger partial charge is 0.115 e. The maximum atomic E-state index is 9.38. The third-order valence-corrected chi connectivity index (χ3v) is 3.36. The van der Waals surface area contributed by atoms with Gasteiger partial charge in [0.2, 0.25) is 0 Å². The largest absolute Gasteiger partial charge is 0.288 e. The highest BCUT2D eigenvalue weighted by molar-refractivity contribution is 5.32. The fourth-order valence-electron chi connectivity index (χ4n) is 2.28. The molecule has 2 aromatic carbocycles. The second kappa shape index (κ2) is 8.61. The molecule has 0 amide bonds. The number of nitriles is 1.